The van der Waals surface area contributed by atoms with E-state index < -0.39 is 11.8 Å². The highest BCUT2D eigenvalue weighted by atomic mass is 35.5. The fourth-order valence-corrected chi connectivity index (χ4v) is 4.53. The number of fused-ring (bicyclic) bond motifs is 1. The summed E-state index contributed by atoms with van der Waals surface area (Å²) in [5.74, 6) is -0.885. The van der Waals surface area contributed by atoms with Crippen LogP contribution in [-0.4, -0.2) is 59.9 Å². The Bertz CT molecular complexity index is 1250. The molecule has 1 saturated heterocycles. The zero-order valence-corrected chi connectivity index (χ0v) is 18.1. The maximum absolute atomic E-state index is 12.9. The Hall–Kier alpha value is -3.16. The molecule has 1 fully saturated rings. The van der Waals surface area contributed by atoms with Gasteiger partial charge < -0.3 is 14.8 Å². The average molecular weight is 436 g/mol. The second kappa shape index (κ2) is 7.51. The lowest BCUT2D eigenvalue weighted by Gasteiger charge is -2.34. The van der Waals surface area contributed by atoms with E-state index in [2.05, 4.69) is 32.1 Å². The van der Waals surface area contributed by atoms with Crippen LogP contribution in [0.4, 0.5) is 5.69 Å². The first kappa shape index (κ1) is 19.8. The minimum atomic E-state index is -0.457. The van der Waals surface area contributed by atoms with Gasteiger partial charge in [0.05, 0.1) is 23.0 Å². The van der Waals surface area contributed by atoms with Gasteiger partial charge in [-0.25, -0.2) is 4.98 Å². The first-order chi connectivity index (χ1) is 14.9. The number of rotatable bonds is 3. The molecule has 7 nitrogen and oxygen atoms in total. The Morgan fingerprint density at radius 3 is 2.48 bits per heavy atom. The summed E-state index contributed by atoms with van der Waals surface area (Å²) >= 11 is 6.45. The van der Waals surface area contributed by atoms with E-state index in [4.69, 9.17) is 11.6 Å². The lowest BCUT2D eigenvalue weighted by Crippen LogP contribution is -2.44. The van der Waals surface area contributed by atoms with Gasteiger partial charge in [-0.1, -0.05) is 29.8 Å². The predicted molar refractivity (Wildman–Crippen MR) is 122 cm³/mol. The van der Waals surface area contributed by atoms with Crippen molar-refractivity contribution in [1.29, 1.82) is 0 Å². The Morgan fingerprint density at radius 1 is 1.03 bits per heavy atom. The highest BCUT2D eigenvalue weighted by Crippen LogP contribution is 2.38. The lowest BCUT2D eigenvalue weighted by molar-refractivity contribution is -0.122. The smallest absolute Gasteiger partial charge is 0.259 e. The van der Waals surface area contributed by atoms with Crippen molar-refractivity contribution in [3.63, 3.8) is 0 Å². The summed E-state index contributed by atoms with van der Waals surface area (Å²) in [7, 11) is 2.09. The van der Waals surface area contributed by atoms with Crippen LogP contribution in [0.1, 0.15) is 16.7 Å². The number of carbonyl (C=O) groups excluding carboxylic acids is 2. The summed E-state index contributed by atoms with van der Waals surface area (Å²) in [6.45, 7) is 5.60. The number of aryl methyl sites for hydroxylation is 1. The Balaban J connectivity index is 1.67. The average Bonchev–Trinajstić information content (AvgIpc) is 3.30. The van der Waals surface area contributed by atoms with E-state index in [9.17, 15) is 9.59 Å². The monoisotopic (exact) mass is 435 g/mol. The zero-order valence-electron chi connectivity index (χ0n) is 17.3. The van der Waals surface area contributed by atoms with Crippen LogP contribution < -0.4 is 10.2 Å². The number of pyridine rings is 1. The highest BCUT2D eigenvalue weighted by Gasteiger charge is 2.35. The number of hydrogen-bond donors (Lipinski definition) is 2. The van der Waals surface area contributed by atoms with Crippen molar-refractivity contribution in [2.75, 3.05) is 38.1 Å². The van der Waals surface area contributed by atoms with E-state index in [1.165, 1.54) is 0 Å². The van der Waals surface area contributed by atoms with E-state index in [1.54, 1.807) is 12.4 Å². The van der Waals surface area contributed by atoms with Gasteiger partial charge in [0.1, 0.15) is 5.15 Å². The van der Waals surface area contributed by atoms with Crippen LogP contribution in [0.15, 0.2) is 36.7 Å². The molecule has 0 atom stereocenters. The molecular weight excluding hydrogens is 414 g/mol. The maximum atomic E-state index is 12.9. The number of para-hydroxylation sites is 1. The molecule has 2 aromatic heterocycles. The Kier molecular flexibility index (Phi) is 4.79. The van der Waals surface area contributed by atoms with Crippen molar-refractivity contribution in [2.24, 2.45) is 0 Å². The predicted octanol–water partition coefficient (Wildman–Crippen LogP) is 2.84. The first-order valence-electron chi connectivity index (χ1n) is 10.2. The lowest BCUT2D eigenvalue weighted by atomic mass is 9.96. The SMILES string of the molecule is Cc1cccc2c(C3=C(c4cc(N5CCN(C)CC5)cnc4Cl)C(=O)NC3=O)c[nH]c12. The number of amides is 2. The third-order valence-corrected chi connectivity index (χ3v) is 6.39. The minimum Gasteiger partial charge on any atom is -0.368 e. The third-order valence-electron chi connectivity index (χ3n) is 6.09. The molecular formula is C23H22ClN5O2. The van der Waals surface area contributed by atoms with E-state index in [0.29, 0.717) is 16.7 Å². The molecule has 5 rings (SSSR count). The number of piperazine rings is 1. The van der Waals surface area contributed by atoms with Crippen molar-refractivity contribution in [2.45, 2.75) is 6.92 Å². The number of anilines is 1. The quantitative estimate of drug-likeness (QED) is 0.488. The number of likely N-dealkylation sites (N-methyl/N-ethyl adjacent to an activating group) is 1. The van der Waals surface area contributed by atoms with Crippen LogP contribution in [0, 0.1) is 6.92 Å². The number of hydrogen-bond acceptors (Lipinski definition) is 5. The summed E-state index contributed by atoms with van der Waals surface area (Å²) < 4.78 is 0. The van der Waals surface area contributed by atoms with Crippen molar-refractivity contribution in [3.05, 3.63) is 58.5 Å². The number of aromatic nitrogens is 2. The third kappa shape index (κ3) is 3.30. The van der Waals surface area contributed by atoms with Gasteiger partial charge in [0, 0.05) is 54.4 Å². The van der Waals surface area contributed by atoms with Crippen molar-refractivity contribution in [1.82, 2.24) is 20.2 Å². The maximum Gasteiger partial charge on any atom is 0.259 e. The zero-order chi connectivity index (χ0) is 21.7. The molecule has 158 valence electrons. The van der Waals surface area contributed by atoms with Crippen LogP contribution in [-0.2, 0) is 9.59 Å². The van der Waals surface area contributed by atoms with Crippen molar-refractivity contribution < 1.29 is 9.59 Å². The Labute approximate surface area is 184 Å². The highest BCUT2D eigenvalue weighted by molar-refractivity contribution is 6.51. The second-order valence-corrected chi connectivity index (χ2v) is 8.41. The second-order valence-electron chi connectivity index (χ2n) is 8.06. The number of nitrogens with zero attached hydrogens (tertiary/aromatic N) is 3. The molecule has 2 N–H and O–H groups in total. The number of aromatic amines is 1. The Morgan fingerprint density at radius 2 is 1.74 bits per heavy atom. The summed E-state index contributed by atoms with van der Waals surface area (Å²) in [6, 6.07) is 7.74. The van der Waals surface area contributed by atoms with Crippen LogP contribution >= 0.6 is 11.6 Å². The molecule has 31 heavy (non-hydrogen) atoms. The molecule has 1 aromatic carbocycles. The molecule has 0 bridgehead atoms. The van der Waals surface area contributed by atoms with Crippen LogP contribution in [0.25, 0.3) is 22.0 Å². The molecule has 0 saturated carbocycles. The number of nitrogens with one attached hydrogen (secondary N) is 2. The van der Waals surface area contributed by atoms with Gasteiger partial charge in [0.15, 0.2) is 0 Å². The van der Waals surface area contributed by atoms with Gasteiger partial charge in [0.2, 0.25) is 0 Å². The van der Waals surface area contributed by atoms with E-state index in [1.807, 2.05) is 31.2 Å². The minimum absolute atomic E-state index is 0.200. The summed E-state index contributed by atoms with van der Waals surface area (Å²) in [5.41, 5.74) is 4.62. The van der Waals surface area contributed by atoms with Gasteiger partial charge in [0.25, 0.3) is 11.8 Å². The van der Waals surface area contributed by atoms with E-state index in [0.717, 1.165) is 48.3 Å². The van der Waals surface area contributed by atoms with E-state index >= 15 is 0 Å². The fraction of sp³-hybridized carbons (Fsp3) is 0.261. The molecule has 0 spiro atoms. The largest absolute Gasteiger partial charge is 0.368 e. The molecule has 0 aliphatic carbocycles. The number of imide groups is 1. The number of H-pyrrole nitrogens is 1. The summed E-state index contributed by atoms with van der Waals surface area (Å²) in [5, 5.41) is 3.53. The summed E-state index contributed by atoms with van der Waals surface area (Å²) in [4.78, 5) is 37.8. The molecule has 2 aliphatic heterocycles. The number of benzene rings is 1. The van der Waals surface area contributed by atoms with Gasteiger partial charge in [-0.2, -0.15) is 0 Å². The molecule has 0 unspecified atom stereocenters. The molecule has 2 amide bonds. The topological polar surface area (TPSA) is 81.3 Å². The number of carbonyl (C=O) groups is 2. The number of halogens is 1. The van der Waals surface area contributed by atoms with Crippen LogP contribution in [0.2, 0.25) is 5.15 Å². The standard InChI is InChI=1S/C23H22ClN5O2/c1-13-4-3-5-15-17(12-25-20(13)15)19-18(22(30)27-23(19)31)16-10-14(11-26-21(16)24)29-8-6-28(2)7-9-29/h3-5,10-12,25H,6-9H2,1-2H3,(H,27,30,31). The van der Waals surface area contributed by atoms with Gasteiger partial charge in [-0.05, 0) is 25.6 Å². The molecule has 8 heteroatoms. The normalized spacial score (nSPS) is 17.7. The molecule has 3 aromatic rings. The molecule has 0 radical (unpaired) electrons. The summed E-state index contributed by atoms with van der Waals surface area (Å²) in [6.07, 6.45) is 3.50. The fourth-order valence-electron chi connectivity index (χ4n) is 4.33. The van der Waals surface area contributed by atoms with E-state index in [-0.39, 0.29) is 10.7 Å². The van der Waals surface area contributed by atoms with Crippen molar-refractivity contribution in [3.8, 4) is 0 Å². The van der Waals surface area contributed by atoms with Crippen LogP contribution in [0.3, 0.4) is 0 Å². The first-order valence-corrected chi connectivity index (χ1v) is 10.6. The molecule has 4 heterocycles. The van der Waals surface area contributed by atoms with Gasteiger partial charge >= 0.3 is 0 Å². The van der Waals surface area contributed by atoms with Crippen molar-refractivity contribution >= 4 is 51.2 Å². The van der Waals surface area contributed by atoms with Gasteiger partial charge in [-0.15, -0.1) is 0 Å². The van der Waals surface area contributed by atoms with Gasteiger partial charge in [-0.3, -0.25) is 14.9 Å². The molecule has 2 aliphatic rings. The van der Waals surface area contributed by atoms with Crippen LogP contribution in [0.5, 0.6) is 0 Å².